The molecule has 0 bridgehead atoms. The Morgan fingerprint density at radius 2 is 1.77 bits per heavy atom. The number of benzene rings is 1. The van der Waals surface area contributed by atoms with Crippen molar-refractivity contribution in [2.24, 2.45) is 0 Å². The van der Waals surface area contributed by atoms with E-state index in [4.69, 9.17) is 0 Å². The summed E-state index contributed by atoms with van der Waals surface area (Å²) in [6.45, 7) is 0.412. The fourth-order valence-corrected chi connectivity index (χ4v) is 2.56. The van der Waals surface area contributed by atoms with Crippen LogP contribution in [0.5, 0.6) is 0 Å². The standard InChI is InChI=1S/C16H23N3O3/c1-17-15(21)12-4-2-11(3-5-12)10-18-16(22)19-13-6-8-14(20)9-7-13/h2-5,13-14,20H,6-10H2,1H3,(H,17,21)(H2,18,19,22). The van der Waals surface area contributed by atoms with E-state index in [-0.39, 0.29) is 24.1 Å². The second-order valence-corrected chi connectivity index (χ2v) is 5.61. The van der Waals surface area contributed by atoms with Gasteiger partial charge in [-0.05, 0) is 43.4 Å². The molecule has 1 saturated carbocycles. The molecule has 0 saturated heterocycles. The zero-order valence-electron chi connectivity index (χ0n) is 12.8. The summed E-state index contributed by atoms with van der Waals surface area (Å²) in [6, 6.07) is 7.05. The lowest BCUT2D eigenvalue weighted by Crippen LogP contribution is -2.43. The van der Waals surface area contributed by atoms with E-state index in [1.807, 2.05) is 12.1 Å². The van der Waals surface area contributed by atoms with Gasteiger partial charge in [-0.3, -0.25) is 4.79 Å². The van der Waals surface area contributed by atoms with Crippen LogP contribution in [0.3, 0.4) is 0 Å². The van der Waals surface area contributed by atoms with Gasteiger partial charge in [0, 0.05) is 25.2 Å². The molecular formula is C16H23N3O3. The van der Waals surface area contributed by atoms with Gasteiger partial charge in [0.2, 0.25) is 0 Å². The number of hydrogen-bond acceptors (Lipinski definition) is 3. The maximum Gasteiger partial charge on any atom is 0.315 e. The molecule has 4 N–H and O–H groups in total. The Morgan fingerprint density at radius 1 is 1.14 bits per heavy atom. The third-order valence-electron chi connectivity index (χ3n) is 3.93. The highest BCUT2D eigenvalue weighted by Gasteiger charge is 2.20. The van der Waals surface area contributed by atoms with Crippen LogP contribution in [0, 0.1) is 0 Å². The zero-order chi connectivity index (χ0) is 15.9. The number of nitrogens with one attached hydrogen (secondary N) is 3. The van der Waals surface area contributed by atoms with E-state index in [0.29, 0.717) is 12.1 Å². The lowest BCUT2D eigenvalue weighted by atomic mass is 9.93. The zero-order valence-corrected chi connectivity index (χ0v) is 12.8. The summed E-state index contributed by atoms with van der Waals surface area (Å²) in [5.74, 6) is -0.128. The van der Waals surface area contributed by atoms with Gasteiger partial charge in [0.25, 0.3) is 5.91 Å². The van der Waals surface area contributed by atoms with Crippen molar-refractivity contribution in [2.75, 3.05) is 7.05 Å². The fourth-order valence-electron chi connectivity index (χ4n) is 2.56. The van der Waals surface area contributed by atoms with Gasteiger partial charge >= 0.3 is 6.03 Å². The van der Waals surface area contributed by atoms with Gasteiger partial charge in [0.1, 0.15) is 0 Å². The third-order valence-corrected chi connectivity index (χ3v) is 3.93. The third kappa shape index (κ3) is 4.73. The summed E-state index contributed by atoms with van der Waals surface area (Å²) >= 11 is 0. The van der Waals surface area contributed by atoms with Crippen LogP contribution in [-0.4, -0.2) is 36.2 Å². The van der Waals surface area contributed by atoms with Crippen molar-refractivity contribution in [3.63, 3.8) is 0 Å². The SMILES string of the molecule is CNC(=O)c1ccc(CNC(=O)NC2CCC(O)CC2)cc1. The van der Waals surface area contributed by atoms with Gasteiger partial charge in [-0.15, -0.1) is 0 Å². The molecule has 1 aromatic rings. The van der Waals surface area contributed by atoms with Gasteiger partial charge < -0.3 is 21.1 Å². The molecule has 0 spiro atoms. The van der Waals surface area contributed by atoms with E-state index in [1.165, 1.54) is 0 Å². The summed E-state index contributed by atoms with van der Waals surface area (Å²) in [5.41, 5.74) is 1.53. The Hall–Kier alpha value is -2.08. The Bertz CT molecular complexity index is 508. The molecule has 6 nitrogen and oxygen atoms in total. The first-order chi connectivity index (χ1) is 10.6. The van der Waals surface area contributed by atoms with Crippen LogP contribution in [0.25, 0.3) is 0 Å². The lowest BCUT2D eigenvalue weighted by Gasteiger charge is -2.26. The second-order valence-electron chi connectivity index (χ2n) is 5.61. The van der Waals surface area contributed by atoms with E-state index in [2.05, 4.69) is 16.0 Å². The number of carbonyl (C=O) groups excluding carboxylic acids is 2. The summed E-state index contributed by atoms with van der Waals surface area (Å²) in [6.07, 6.45) is 2.89. The molecule has 0 aliphatic heterocycles. The highest BCUT2D eigenvalue weighted by Crippen LogP contribution is 2.18. The molecule has 1 aromatic carbocycles. The highest BCUT2D eigenvalue weighted by molar-refractivity contribution is 5.93. The minimum absolute atomic E-state index is 0.128. The average molecular weight is 305 g/mol. The number of aliphatic hydroxyl groups is 1. The second kappa shape index (κ2) is 7.79. The number of carbonyl (C=O) groups is 2. The predicted octanol–water partition coefficient (Wildman–Crippen LogP) is 1.15. The Labute approximate surface area is 130 Å². The number of rotatable bonds is 4. The molecule has 0 heterocycles. The van der Waals surface area contributed by atoms with Crippen LogP contribution < -0.4 is 16.0 Å². The molecule has 0 radical (unpaired) electrons. The number of urea groups is 1. The van der Waals surface area contributed by atoms with E-state index in [1.54, 1.807) is 19.2 Å². The van der Waals surface area contributed by atoms with Gasteiger partial charge in [0.05, 0.1) is 6.10 Å². The van der Waals surface area contributed by atoms with Crippen LogP contribution in [-0.2, 0) is 6.54 Å². The molecular weight excluding hydrogens is 282 g/mol. The van der Waals surface area contributed by atoms with Crippen molar-refractivity contribution in [1.82, 2.24) is 16.0 Å². The van der Waals surface area contributed by atoms with Crippen molar-refractivity contribution >= 4 is 11.9 Å². The molecule has 1 fully saturated rings. The topological polar surface area (TPSA) is 90.5 Å². The van der Waals surface area contributed by atoms with Crippen LogP contribution in [0.4, 0.5) is 4.79 Å². The van der Waals surface area contributed by atoms with Gasteiger partial charge in [-0.25, -0.2) is 4.79 Å². The van der Waals surface area contributed by atoms with Crippen LogP contribution >= 0.6 is 0 Å². The number of hydrogen-bond donors (Lipinski definition) is 4. The molecule has 22 heavy (non-hydrogen) atoms. The molecule has 0 atom stereocenters. The van der Waals surface area contributed by atoms with E-state index >= 15 is 0 Å². The maximum absolute atomic E-state index is 11.8. The van der Waals surface area contributed by atoms with Gasteiger partial charge in [-0.1, -0.05) is 12.1 Å². The summed E-state index contributed by atoms with van der Waals surface area (Å²) in [4.78, 5) is 23.3. The molecule has 1 aliphatic carbocycles. The Balaban J connectivity index is 1.75. The molecule has 2 rings (SSSR count). The minimum Gasteiger partial charge on any atom is -0.393 e. The predicted molar refractivity (Wildman–Crippen MR) is 83.5 cm³/mol. The minimum atomic E-state index is -0.222. The van der Waals surface area contributed by atoms with E-state index < -0.39 is 0 Å². The van der Waals surface area contributed by atoms with Crippen LogP contribution in [0.2, 0.25) is 0 Å². The normalized spacial score (nSPS) is 21.0. The highest BCUT2D eigenvalue weighted by atomic mass is 16.3. The summed E-state index contributed by atoms with van der Waals surface area (Å²) in [5, 5.41) is 17.7. The molecule has 0 aromatic heterocycles. The van der Waals surface area contributed by atoms with E-state index in [9.17, 15) is 14.7 Å². The van der Waals surface area contributed by atoms with Crippen molar-refractivity contribution in [1.29, 1.82) is 0 Å². The number of amides is 3. The maximum atomic E-state index is 11.8. The number of aliphatic hydroxyl groups excluding tert-OH is 1. The van der Waals surface area contributed by atoms with Crippen molar-refractivity contribution < 1.29 is 14.7 Å². The van der Waals surface area contributed by atoms with Crippen molar-refractivity contribution in [3.8, 4) is 0 Å². The van der Waals surface area contributed by atoms with Crippen LogP contribution in [0.1, 0.15) is 41.6 Å². The monoisotopic (exact) mass is 305 g/mol. The first-order valence-electron chi connectivity index (χ1n) is 7.62. The largest absolute Gasteiger partial charge is 0.393 e. The smallest absolute Gasteiger partial charge is 0.315 e. The summed E-state index contributed by atoms with van der Waals surface area (Å²) < 4.78 is 0. The molecule has 120 valence electrons. The molecule has 1 aliphatic rings. The average Bonchev–Trinajstić information content (AvgIpc) is 2.55. The first kappa shape index (κ1) is 16.3. The van der Waals surface area contributed by atoms with E-state index in [0.717, 1.165) is 31.2 Å². The quantitative estimate of drug-likeness (QED) is 0.672. The van der Waals surface area contributed by atoms with Gasteiger partial charge in [0.15, 0.2) is 0 Å². The Kier molecular flexibility index (Phi) is 5.77. The molecule has 6 heteroatoms. The Morgan fingerprint density at radius 3 is 2.36 bits per heavy atom. The van der Waals surface area contributed by atoms with Crippen LogP contribution in [0.15, 0.2) is 24.3 Å². The first-order valence-corrected chi connectivity index (χ1v) is 7.62. The van der Waals surface area contributed by atoms with Gasteiger partial charge in [-0.2, -0.15) is 0 Å². The lowest BCUT2D eigenvalue weighted by molar-refractivity contribution is 0.0963. The van der Waals surface area contributed by atoms with Crippen molar-refractivity contribution in [3.05, 3.63) is 35.4 Å². The van der Waals surface area contributed by atoms with Crippen molar-refractivity contribution in [2.45, 2.75) is 44.4 Å². The molecule has 0 unspecified atom stereocenters. The summed E-state index contributed by atoms with van der Waals surface area (Å²) in [7, 11) is 1.59. The molecule has 3 amide bonds. The fraction of sp³-hybridized carbons (Fsp3) is 0.500.